The lowest BCUT2D eigenvalue weighted by Crippen LogP contribution is -2.28. The number of benzene rings is 3. The molecule has 4 rings (SSSR count). The van der Waals surface area contributed by atoms with Crippen molar-refractivity contribution in [3.63, 3.8) is 0 Å². The topological polar surface area (TPSA) is 49.4 Å². The number of rotatable bonds is 3. The van der Waals surface area contributed by atoms with Gasteiger partial charge in [-0.1, -0.05) is 42.5 Å². The molecule has 3 aromatic rings. The number of fused-ring (bicyclic) bond motifs is 1. The van der Waals surface area contributed by atoms with E-state index in [2.05, 4.69) is 5.32 Å². The first-order valence-electron chi connectivity index (χ1n) is 8.88. The number of anilines is 2. The molecule has 0 aliphatic carbocycles. The standard InChI is InChI=1S/C22H19FN2O2/c1-14-9-10-18(23)19(11-14)24-22(27)16-12-21(26)25(13-16)20-8-4-6-15-5-2-3-7-17(15)20/h2-11,16H,12-13H2,1H3,(H,24,27)/t16-/m1/s1. The number of carbonyl (C=O) groups is 2. The SMILES string of the molecule is Cc1ccc(F)c(NC(=O)[C@@H]2CC(=O)N(c3cccc4ccccc34)C2)c1. The van der Waals surface area contributed by atoms with Crippen molar-refractivity contribution in [2.24, 2.45) is 5.92 Å². The van der Waals surface area contributed by atoms with Crippen LogP contribution in [0.4, 0.5) is 15.8 Å². The fraction of sp³-hybridized carbons (Fsp3) is 0.182. The first-order chi connectivity index (χ1) is 13.0. The van der Waals surface area contributed by atoms with Crippen LogP contribution in [-0.2, 0) is 9.59 Å². The highest BCUT2D eigenvalue weighted by Gasteiger charge is 2.36. The Morgan fingerprint density at radius 3 is 2.74 bits per heavy atom. The number of aryl methyl sites for hydroxylation is 1. The Kier molecular flexibility index (Phi) is 4.36. The molecule has 27 heavy (non-hydrogen) atoms. The molecule has 2 amide bonds. The third-order valence-electron chi connectivity index (χ3n) is 4.93. The number of amides is 2. The maximum absolute atomic E-state index is 13.9. The molecule has 1 heterocycles. The number of nitrogens with zero attached hydrogens (tertiary/aromatic N) is 1. The molecule has 0 radical (unpaired) electrons. The molecular formula is C22H19FN2O2. The Balaban J connectivity index is 1.57. The fourth-order valence-corrected chi connectivity index (χ4v) is 3.53. The molecule has 5 heteroatoms. The molecule has 1 N–H and O–H groups in total. The summed E-state index contributed by atoms with van der Waals surface area (Å²) < 4.78 is 13.9. The number of nitrogens with one attached hydrogen (secondary N) is 1. The summed E-state index contributed by atoms with van der Waals surface area (Å²) in [7, 11) is 0. The van der Waals surface area contributed by atoms with Gasteiger partial charge in [0.25, 0.3) is 0 Å². The first-order valence-corrected chi connectivity index (χ1v) is 8.88. The summed E-state index contributed by atoms with van der Waals surface area (Å²) in [4.78, 5) is 26.8. The average Bonchev–Trinajstić information content (AvgIpc) is 3.06. The molecule has 0 unspecified atom stereocenters. The van der Waals surface area contributed by atoms with Gasteiger partial charge in [0.2, 0.25) is 11.8 Å². The van der Waals surface area contributed by atoms with Crippen molar-refractivity contribution in [2.45, 2.75) is 13.3 Å². The summed E-state index contributed by atoms with van der Waals surface area (Å²) in [5, 5.41) is 4.64. The van der Waals surface area contributed by atoms with Crippen LogP contribution in [0.25, 0.3) is 10.8 Å². The summed E-state index contributed by atoms with van der Waals surface area (Å²) in [6.45, 7) is 2.11. The van der Waals surface area contributed by atoms with E-state index >= 15 is 0 Å². The molecule has 4 nitrogen and oxygen atoms in total. The molecule has 0 bridgehead atoms. The highest BCUT2D eigenvalue weighted by atomic mass is 19.1. The average molecular weight is 362 g/mol. The van der Waals surface area contributed by atoms with E-state index in [1.165, 1.54) is 6.07 Å². The summed E-state index contributed by atoms with van der Waals surface area (Å²) in [6, 6.07) is 18.2. The Labute approximate surface area is 156 Å². The highest BCUT2D eigenvalue weighted by molar-refractivity contribution is 6.08. The van der Waals surface area contributed by atoms with Gasteiger partial charge in [0.05, 0.1) is 17.3 Å². The molecule has 1 atom stereocenters. The van der Waals surface area contributed by atoms with Crippen molar-refractivity contribution in [3.8, 4) is 0 Å². The molecule has 1 aliphatic rings. The van der Waals surface area contributed by atoms with E-state index in [0.717, 1.165) is 22.0 Å². The van der Waals surface area contributed by atoms with E-state index in [-0.39, 0.29) is 30.5 Å². The van der Waals surface area contributed by atoms with Crippen LogP contribution in [0.15, 0.2) is 60.7 Å². The molecule has 1 aliphatic heterocycles. The Bertz CT molecular complexity index is 1040. The maximum atomic E-state index is 13.9. The van der Waals surface area contributed by atoms with Gasteiger partial charge in [-0.2, -0.15) is 0 Å². The quantitative estimate of drug-likeness (QED) is 0.756. The second-order valence-electron chi connectivity index (χ2n) is 6.88. The number of hydrogen-bond acceptors (Lipinski definition) is 2. The molecule has 0 aromatic heterocycles. The minimum absolute atomic E-state index is 0.101. The molecule has 3 aromatic carbocycles. The van der Waals surface area contributed by atoms with E-state index in [4.69, 9.17) is 0 Å². The zero-order valence-electron chi connectivity index (χ0n) is 14.9. The fourth-order valence-electron chi connectivity index (χ4n) is 3.53. The summed E-state index contributed by atoms with van der Waals surface area (Å²) in [5.74, 6) is -1.44. The lowest BCUT2D eigenvalue weighted by Gasteiger charge is -2.19. The van der Waals surface area contributed by atoms with Crippen LogP contribution in [0.3, 0.4) is 0 Å². The Morgan fingerprint density at radius 2 is 1.89 bits per heavy atom. The molecular weight excluding hydrogens is 343 g/mol. The largest absolute Gasteiger partial charge is 0.323 e. The normalized spacial score (nSPS) is 16.7. The van der Waals surface area contributed by atoms with Crippen molar-refractivity contribution < 1.29 is 14.0 Å². The van der Waals surface area contributed by atoms with Crippen LogP contribution in [0.5, 0.6) is 0 Å². The molecule has 0 saturated carbocycles. The second-order valence-corrected chi connectivity index (χ2v) is 6.88. The molecule has 0 spiro atoms. The Morgan fingerprint density at radius 1 is 1.11 bits per heavy atom. The van der Waals surface area contributed by atoms with E-state index in [9.17, 15) is 14.0 Å². The monoisotopic (exact) mass is 362 g/mol. The van der Waals surface area contributed by atoms with Crippen LogP contribution in [0.2, 0.25) is 0 Å². The Hall–Kier alpha value is -3.21. The molecule has 136 valence electrons. The van der Waals surface area contributed by atoms with Crippen LogP contribution in [0, 0.1) is 18.7 Å². The summed E-state index contributed by atoms with van der Waals surface area (Å²) in [5.41, 5.74) is 1.80. The lowest BCUT2D eigenvalue weighted by atomic mass is 10.1. The van der Waals surface area contributed by atoms with Gasteiger partial charge in [0.1, 0.15) is 5.82 Å². The summed E-state index contributed by atoms with van der Waals surface area (Å²) in [6.07, 6.45) is 0.114. The number of hydrogen-bond donors (Lipinski definition) is 1. The zero-order chi connectivity index (χ0) is 19.0. The van der Waals surface area contributed by atoms with Gasteiger partial charge in [-0.25, -0.2) is 4.39 Å². The van der Waals surface area contributed by atoms with Gasteiger partial charge in [0, 0.05) is 18.4 Å². The third-order valence-corrected chi connectivity index (χ3v) is 4.93. The van der Waals surface area contributed by atoms with Gasteiger partial charge in [0.15, 0.2) is 0 Å². The second kappa shape index (κ2) is 6.83. The van der Waals surface area contributed by atoms with Gasteiger partial charge in [-0.15, -0.1) is 0 Å². The van der Waals surface area contributed by atoms with E-state index in [1.54, 1.807) is 17.0 Å². The summed E-state index contributed by atoms with van der Waals surface area (Å²) >= 11 is 0. The molecule has 1 saturated heterocycles. The van der Waals surface area contributed by atoms with Crippen molar-refractivity contribution >= 4 is 34.0 Å². The molecule has 1 fully saturated rings. The van der Waals surface area contributed by atoms with Crippen molar-refractivity contribution in [2.75, 3.05) is 16.8 Å². The van der Waals surface area contributed by atoms with E-state index in [0.29, 0.717) is 0 Å². The van der Waals surface area contributed by atoms with E-state index in [1.807, 2.05) is 49.4 Å². The van der Waals surface area contributed by atoms with E-state index < -0.39 is 11.7 Å². The van der Waals surface area contributed by atoms with Crippen LogP contribution in [0.1, 0.15) is 12.0 Å². The van der Waals surface area contributed by atoms with Crippen molar-refractivity contribution in [1.29, 1.82) is 0 Å². The number of carbonyl (C=O) groups excluding carboxylic acids is 2. The zero-order valence-corrected chi connectivity index (χ0v) is 14.9. The minimum Gasteiger partial charge on any atom is -0.323 e. The lowest BCUT2D eigenvalue weighted by molar-refractivity contribution is -0.122. The van der Waals surface area contributed by atoms with Gasteiger partial charge < -0.3 is 10.2 Å². The number of halogens is 1. The van der Waals surface area contributed by atoms with Gasteiger partial charge in [-0.05, 0) is 36.1 Å². The van der Waals surface area contributed by atoms with Crippen molar-refractivity contribution in [1.82, 2.24) is 0 Å². The minimum atomic E-state index is -0.517. The van der Waals surface area contributed by atoms with Crippen LogP contribution in [-0.4, -0.2) is 18.4 Å². The van der Waals surface area contributed by atoms with Gasteiger partial charge >= 0.3 is 0 Å². The third kappa shape index (κ3) is 3.28. The smallest absolute Gasteiger partial charge is 0.229 e. The predicted octanol–water partition coefficient (Wildman–Crippen LogP) is 4.28. The predicted molar refractivity (Wildman–Crippen MR) is 104 cm³/mol. The van der Waals surface area contributed by atoms with Crippen molar-refractivity contribution in [3.05, 3.63) is 72.0 Å². The maximum Gasteiger partial charge on any atom is 0.229 e. The highest BCUT2D eigenvalue weighted by Crippen LogP contribution is 2.32. The first kappa shape index (κ1) is 17.2. The van der Waals surface area contributed by atoms with Gasteiger partial charge in [-0.3, -0.25) is 9.59 Å². The van der Waals surface area contributed by atoms with Crippen LogP contribution < -0.4 is 10.2 Å². The van der Waals surface area contributed by atoms with Crippen LogP contribution >= 0.6 is 0 Å².